The summed E-state index contributed by atoms with van der Waals surface area (Å²) in [6.45, 7) is 14.7. The zero-order valence-corrected chi connectivity index (χ0v) is 22.7. The molecule has 4 nitrogen and oxygen atoms in total. The molecule has 33 heavy (non-hydrogen) atoms. The summed E-state index contributed by atoms with van der Waals surface area (Å²) in [7, 11) is -4.38. The standard InChI is InChI=1S/C28H48O4S/c1-18(2)19(3)7-8-20(4)24-11-12-25-23-10-9-21-17-22(32-33(29,30)31)13-15-27(21,5)26(23)14-16-28(24,25)6/h9,18-20,22-26H,7-8,10-17H2,1-6H3,(H,29,30,31)/t19-,20-,22+,23+,24-,25+,26+,27+,28-/m1/s1. The highest BCUT2D eigenvalue weighted by molar-refractivity contribution is 7.80. The van der Waals surface area contributed by atoms with E-state index in [4.69, 9.17) is 8.74 Å². The topological polar surface area (TPSA) is 63.6 Å². The van der Waals surface area contributed by atoms with Crippen LogP contribution in [0.2, 0.25) is 0 Å². The summed E-state index contributed by atoms with van der Waals surface area (Å²) in [6.07, 6.45) is 13.7. The van der Waals surface area contributed by atoms with Crippen LogP contribution >= 0.6 is 0 Å². The molecule has 0 unspecified atom stereocenters. The molecule has 0 amide bonds. The maximum atomic E-state index is 11.2. The third-order valence-electron chi connectivity index (χ3n) is 11.3. The van der Waals surface area contributed by atoms with Crippen molar-refractivity contribution in [3.63, 3.8) is 0 Å². The molecular formula is C28H48O4S. The number of fused-ring (bicyclic) bond motifs is 5. The smallest absolute Gasteiger partial charge is 0.264 e. The van der Waals surface area contributed by atoms with Gasteiger partial charge in [-0.1, -0.05) is 66.0 Å². The molecule has 1 N–H and O–H groups in total. The lowest BCUT2D eigenvalue weighted by molar-refractivity contribution is -0.0562. The van der Waals surface area contributed by atoms with Gasteiger partial charge in [0.25, 0.3) is 0 Å². The van der Waals surface area contributed by atoms with E-state index in [2.05, 4.69) is 47.6 Å². The van der Waals surface area contributed by atoms with Crippen LogP contribution in [-0.4, -0.2) is 19.1 Å². The van der Waals surface area contributed by atoms with E-state index in [1.165, 1.54) is 44.1 Å². The Labute approximate surface area is 203 Å². The Balaban J connectivity index is 1.47. The van der Waals surface area contributed by atoms with Crippen LogP contribution in [-0.2, 0) is 14.6 Å². The van der Waals surface area contributed by atoms with E-state index in [9.17, 15) is 8.42 Å². The van der Waals surface area contributed by atoms with Crippen LogP contribution in [0.25, 0.3) is 0 Å². The van der Waals surface area contributed by atoms with Gasteiger partial charge in [0.05, 0.1) is 6.10 Å². The quantitative estimate of drug-likeness (QED) is 0.303. The first kappa shape index (κ1) is 25.7. The first-order chi connectivity index (χ1) is 15.3. The van der Waals surface area contributed by atoms with Crippen molar-refractivity contribution in [1.82, 2.24) is 0 Å². The third-order valence-corrected chi connectivity index (χ3v) is 11.8. The first-order valence-corrected chi connectivity index (χ1v) is 15.1. The lowest BCUT2D eigenvalue weighted by Gasteiger charge is -2.58. The summed E-state index contributed by atoms with van der Waals surface area (Å²) in [4.78, 5) is 0. The lowest BCUT2D eigenvalue weighted by atomic mass is 9.47. The maximum Gasteiger partial charge on any atom is 0.397 e. The molecule has 4 rings (SSSR count). The Morgan fingerprint density at radius 1 is 1.03 bits per heavy atom. The highest BCUT2D eigenvalue weighted by atomic mass is 32.3. The first-order valence-electron chi connectivity index (χ1n) is 13.7. The predicted octanol–water partition coefficient (Wildman–Crippen LogP) is 7.46. The van der Waals surface area contributed by atoms with Crippen LogP contribution in [0.4, 0.5) is 0 Å². The Morgan fingerprint density at radius 3 is 2.42 bits per heavy atom. The minimum atomic E-state index is -4.38. The molecule has 5 heteroatoms. The summed E-state index contributed by atoms with van der Waals surface area (Å²) in [6, 6.07) is 0. The van der Waals surface area contributed by atoms with Gasteiger partial charge in [-0.3, -0.25) is 4.55 Å². The number of allylic oxidation sites excluding steroid dienone is 1. The van der Waals surface area contributed by atoms with Gasteiger partial charge >= 0.3 is 10.4 Å². The molecule has 3 saturated carbocycles. The molecule has 4 aliphatic carbocycles. The van der Waals surface area contributed by atoms with Gasteiger partial charge in [-0.25, -0.2) is 4.18 Å². The van der Waals surface area contributed by atoms with Crippen LogP contribution in [0.1, 0.15) is 106 Å². The molecule has 0 spiro atoms. The van der Waals surface area contributed by atoms with E-state index in [1.807, 2.05) is 0 Å². The summed E-state index contributed by atoms with van der Waals surface area (Å²) < 4.78 is 36.6. The SMILES string of the molecule is CC(C)[C@H](C)CC[C@@H](C)[C@H]1CC[C@H]2[C@@H]3CC=C4C[C@@H](OS(=O)(=O)O)CC[C@]4(C)[C@H]3CC[C@]12C. The van der Waals surface area contributed by atoms with Crippen molar-refractivity contribution < 1.29 is 17.2 Å². The van der Waals surface area contributed by atoms with Gasteiger partial charge in [0, 0.05) is 0 Å². The average molecular weight is 481 g/mol. The van der Waals surface area contributed by atoms with Crippen LogP contribution in [0.3, 0.4) is 0 Å². The zero-order valence-electron chi connectivity index (χ0n) is 21.8. The van der Waals surface area contributed by atoms with Gasteiger partial charge in [-0.05, 0) is 104 Å². The Hall–Kier alpha value is -0.390. The largest absolute Gasteiger partial charge is 0.397 e. The molecular weight excluding hydrogens is 432 g/mol. The monoisotopic (exact) mass is 480 g/mol. The summed E-state index contributed by atoms with van der Waals surface area (Å²) >= 11 is 0. The fourth-order valence-electron chi connectivity index (χ4n) is 8.92. The van der Waals surface area contributed by atoms with Crippen molar-refractivity contribution >= 4 is 10.4 Å². The number of hydrogen-bond acceptors (Lipinski definition) is 3. The molecule has 0 heterocycles. The summed E-state index contributed by atoms with van der Waals surface area (Å²) in [5.74, 6) is 5.57. The van der Waals surface area contributed by atoms with Crippen molar-refractivity contribution in [2.75, 3.05) is 0 Å². The molecule has 0 aromatic rings. The van der Waals surface area contributed by atoms with E-state index >= 15 is 0 Å². The molecule has 9 atom stereocenters. The molecule has 0 saturated heterocycles. The minimum Gasteiger partial charge on any atom is -0.264 e. The van der Waals surface area contributed by atoms with E-state index in [-0.39, 0.29) is 5.41 Å². The van der Waals surface area contributed by atoms with Gasteiger partial charge in [0.2, 0.25) is 0 Å². The third kappa shape index (κ3) is 4.85. The van der Waals surface area contributed by atoms with Crippen LogP contribution in [0, 0.1) is 52.3 Å². The molecule has 0 aliphatic heterocycles. The van der Waals surface area contributed by atoms with Crippen LogP contribution < -0.4 is 0 Å². The second kappa shape index (κ2) is 9.24. The van der Waals surface area contributed by atoms with Crippen molar-refractivity contribution in [3.05, 3.63) is 11.6 Å². The van der Waals surface area contributed by atoms with Gasteiger partial charge in [0.1, 0.15) is 0 Å². The van der Waals surface area contributed by atoms with Gasteiger partial charge in [0.15, 0.2) is 0 Å². The van der Waals surface area contributed by atoms with Crippen LogP contribution in [0.15, 0.2) is 11.6 Å². The second-order valence-corrected chi connectivity index (χ2v) is 14.2. The predicted molar refractivity (Wildman–Crippen MR) is 134 cm³/mol. The van der Waals surface area contributed by atoms with E-state index < -0.39 is 16.5 Å². The molecule has 0 radical (unpaired) electrons. The normalized spacial score (nSPS) is 42.8. The van der Waals surface area contributed by atoms with Gasteiger partial charge < -0.3 is 0 Å². The zero-order chi connectivity index (χ0) is 24.2. The highest BCUT2D eigenvalue weighted by Gasteiger charge is 2.59. The number of rotatable bonds is 7. The fourth-order valence-corrected chi connectivity index (χ4v) is 9.43. The molecule has 4 aliphatic rings. The second-order valence-electron chi connectivity index (χ2n) is 13.2. The molecule has 0 aromatic heterocycles. The highest BCUT2D eigenvalue weighted by Crippen LogP contribution is 2.67. The Morgan fingerprint density at radius 2 is 1.76 bits per heavy atom. The maximum absolute atomic E-state index is 11.2. The van der Waals surface area contributed by atoms with Gasteiger partial charge in [-0.15, -0.1) is 0 Å². The molecule has 190 valence electrons. The van der Waals surface area contributed by atoms with Crippen molar-refractivity contribution in [3.8, 4) is 0 Å². The van der Waals surface area contributed by atoms with E-state index in [0.717, 1.165) is 48.3 Å². The lowest BCUT2D eigenvalue weighted by Crippen LogP contribution is -2.51. The van der Waals surface area contributed by atoms with E-state index in [1.54, 1.807) is 0 Å². The van der Waals surface area contributed by atoms with Crippen molar-refractivity contribution in [2.45, 2.75) is 112 Å². The average Bonchev–Trinajstić information content (AvgIpc) is 3.08. The van der Waals surface area contributed by atoms with E-state index in [0.29, 0.717) is 24.2 Å². The fraction of sp³-hybridized carbons (Fsp3) is 0.929. The molecule has 0 aromatic carbocycles. The number of hydrogen-bond donors (Lipinski definition) is 1. The summed E-state index contributed by atoms with van der Waals surface area (Å²) in [5.41, 5.74) is 2.03. The molecule has 0 bridgehead atoms. The molecule has 3 fully saturated rings. The Bertz CT molecular complexity index is 848. The van der Waals surface area contributed by atoms with Crippen molar-refractivity contribution in [1.29, 1.82) is 0 Å². The Kier molecular flexibility index (Phi) is 7.20. The minimum absolute atomic E-state index is 0.166. The summed E-state index contributed by atoms with van der Waals surface area (Å²) in [5, 5.41) is 0. The van der Waals surface area contributed by atoms with Gasteiger partial charge in [-0.2, -0.15) is 8.42 Å². The van der Waals surface area contributed by atoms with Crippen LogP contribution in [0.5, 0.6) is 0 Å². The van der Waals surface area contributed by atoms with Crippen molar-refractivity contribution in [2.24, 2.45) is 52.3 Å².